The van der Waals surface area contributed by atoms with Crippen molar-refractivity contribution < 1.29 is 4.79 Å². The maximum absolute atomic E-state index is 13.0. The molecule has 21 heavy (non-hydrogen) atoms. The summed E-state index contributed by atoms with van der Waals surface area (Å²) in [5.74, 6) is 0.408. The number of aryl methyl sites for hydroxylation is 1. The molecule has 0 aromatic heterocycles. The van der Waals surface area contributed by atoms with E-state index in [1.165, 1.54) is 17.5 Å². The molecule has 0 bridgehead atoms. The number of carbonyl (C=O) groups is 1. The smallest absolute Gasteiger partial charge is 0.230 e. The zero-order valence-electron chi connectivity index (χ0n) is 13.0. The van der Waals surface area contributed by atoms with Crippen LogP contribution in [0.25, 0.3) is 0 Å². The van der Waals surface area contributed by atoms with Gasteiger partial charge in [-0.05, 0) is 62.7 Å². The van der Waals surface area contributed by atoms with Gasteiger partial charge in [-0.1, -0.05) is 24.3 Å². The Hall–Kier alpha value is -1.35. The van der Waals surface area contributed by atoms with Crippen LogP contribution in [0.3, 0.4) is 0 Å². The molecule has 1 aromatic rings. The Kier molecular flexibility index (Phi) is 4.59. The van der Waals surface area contributed by atoms with Crippen molar-refractivity contribution in [3.05, 3.63) is 35.4 Å². The summed E-state index contributed by atoms with van der Waals surface area (Å²) >= 11 is 0. The largest absolute Gasteiger partial charge is 0.342 e. The van der Waals surface area contributed by atoms with Crippen molar-refractivity contribution in [3.8, 4) is 0 Å². The molecular formula is C18H26N2O. The average molecular weight is 286 g/mol. The highest BCUT2D eigenvalue weighted by Gasteiger charge is 2.31. The molecule has 1 heterocycles. The van der Waals surface area contributed by atoms with Crippen LogP contribution in [0.5, 0.6) is 0 Å². The predicted octanol–water partition coefficient (Wildman–Crippen LogP) is 2.71. The molecule has 1 aromatic carbocycles. The summed E-state index contributed by atoms with van der Waals surface area (Å²) in [5, 5.41) is 3.43. The van der Waals surface area contributed by atoms with E-state index in [-0.39, 0.29) is 5.92 Å². The summed E-state index contributed by atoms with van der Waals surface area (Å²) in [5.41, 5.74) is 2.64. The molecule has 114 valence electrons. The van der Waals surface area contributed by atoms with E-state index in [4.69, 9.17) is 0 Å². The maximum Gasteiger partial charge on any atom is 0.230 e. The SMILES string of the molecule is CN(C(=O)C1CCCc2ccccc21)C1CCCNCC1. The van der Waals surface area contributed by atoms with Crippen LogP contribution in [0.15, 0.2) is 24.3 Å². The van der Waals surface area contributed by atoms with Crippen LogP contribution < -0.4 is 5.32 Å². The highest BCUT2D eigenvalue weighted by atomic mass is 16.2. The average Bonchev–Trinajstić information content (AvgIpc) is 2.82. The van der Waals surface area contributed by atoms with Gasteiger partial charge in [0.15, 0.2) is 0 Å². The van der Waals surface area contributed by atoms with Crippen molar-refractivity contribution in [3.63, 3.8) is 0 Å². The molecule has 1 saturated heterocycles. The topological polar surface area (TPSA) is 32.3 Å². The van der Waals surface area contributed by atoms with Crippen LogP contribution in [-0.2, 0) is 11.2 Å². The van der Waals surface area contributed by atoms with Gasteiger partial charge >= 0.3 is 0 Å². The van der Waals surface area contributed by atoms with E-state index in [9.17, 15) is 4.79 Å². The van der Waals surface area contributed by atoms with Gasteiger partial charge in [0, 0.05) is 13.1 Å². The molecule has 0 spiro atoms. The van der Waals surface area contributed by atoms with E-state index >= 15 is 0 Å². The molecule has 2 unspecified atom stereocenters. The van der Waals surface area contributed by atoms with Gasteiger partial charge in [-0.25, -0.2) is 0 Å². The van der Waals surface area contributed by atoms with Gasteiger partial charge in [0.2, 0.25) is 5.91 Å². The zero-order chi connectivity index (χ0) is 14.7. The van der Waals surface area contributed by atoms with Gasteiger partial charge in [0.1, 0.15) is 0 Å². The minimum absolute atomic E-state index is 0.0798. The minimum Gasteiger partial charge on any atom is -0.342 e. The lowest BCUT2D eigenvalue weighted by Gasteiger charge is -2.33. The fraction of sp³-hybridized carbons (Fsp3) is 0.611. The van der Waals surface area contributed by atoms with E-state index < -0.39 is 0 Å². The monoisotopic (exact) mass is 286 g/mol. The second kappa shape index (κ2) is 6.61. The van der Waals surface area contributed by atoms with Crippen molar-refractivity contribution in [2.75, 3.05) is 20.1 Å². The summed E-state index contributed by atoms with van der Waals surface area (Å²) in [6.07, 6.45) is 6.64. The molecule has 2 atom stereocenters. The molecule has 1 N–H and O–H groups in total. The molecule has 0 radical (unpaired) electrons. The fourth-order valence-corrected chi connectivity index (χ4v) is 3.82. The van der Waals surface area contributed by atoms with Crippen LogP contribution in [0.1, 0.15) is 49.1 Å². The number of hydrogen-bond donors (Lipinski definition) is 1. The Balaban J connectivity index is 1.76. The Morgan fingerprint density at radius 1 is 1.14 bits per heavy atom. The molecular weight excluding hydrogens is 260 g/mol. The molecule has 3 nitrogen and oxygen atoms in total. The fourth-order valence-electron chi connectivity index (χ4n) is 3.82. The van der Waals surface area contributed by atoms with Crippen molar-refractivity contribution >= 4 is 5.91 Å². The van der Waals surface area contributed by atoms with Crippen LogP contribution in [0.4, 0.5) is 0 Å². The first-order chi connectivity index (χ1) is 10.3. The number of benzene rings is 1. The number of carbonyl (C=O) groups excluding carboxylic acids is 1. The number of amides is 1. The zero-order valence-corrected chi connectivity index (χ0v) is 13.0. The summed E-state index contributed by atoms with van der Waals surface area (Å²) < 4.78 is 0. The highest BCUT2D eigenvalue weighted by Crippen LogP contribution is 2.33. The quantitative estimate of drug-likeness (QED) is 0.906. The van der Waals surface area contributed by atoms with E-state index in [0.717, 1.165) is 45.2 Å². The molecule has 1 amide bonds. The summed E-state index contributed by atoms with van der Waals surface area (Å²) in [6.45, 7) is 2.12. The maximum atomic E-state index is 13.0. The van der Waals surface area contributed by atoms with Crippen LogP contribution in [0.2, 0.25) is 0 Å². The first-order valence-electron chi connectivity index (χ1n) is 8.32. The van der Waals surface area contributed by atoms with Gasteiger partial charge in [-0.15, -0.1) is 0 Å². The normalized spacial score (nSPS) is 25.8. The first kappa shape index (κ1) is 14.6. The van der Waals surface area contributed by atoms with Crippen LogP contribution in [-0.4, -0.2) is 37.0 Å². The molecule has 3 heteroatoms. The Morgan fingerprint density at radius 3 is 2.90 bits per heavy atom. The predicted molar refractivity (Wildman–Crippen MR) is 85.4 cm³/mol. The molecule has 3 rings (SSSR count). The van der Waals surface area contributed by atoms with Crippen molar-refractivity contribution in [2.45, 2.75) is 50.5 Å². The Bertz CT molecular complexity index is 492. The van der Waals surface area contributed by atoms with E-state index in [2.05, 4.69) is 29.6 Å². The third-order valence-electron chi connectivity index (χ3n) is 5.11. The minimum atomic E-state index is 0.0798. The standard InChI is InChI=1S/C18H26N2O/c1-20(15-8-5-12-19-13-11-15)18(21)17-10-4-7-14-6-2-3-9-16(14)17/h2-3,6,9,15,17,19H,4-5,7-8,10-13H2,1H3. The first-order valence-corrected chi connectivity index (χ1v) is 8.32. The number of nitrogens with zero attached hydrogens (tertiary/aromatic N) is 1. The second-order valence-electron chi connectivity index (χ2n) is 6.43. The van der Waals surface area contributed by atoms with Gasteiger partial charge in [-0.2, -0.15) is 0 Å². The van der Waals surface area contributed by atoms with Gasteiger partial charge in [-0.3, -0.25) is 4.79 Å². The Morgan fingerprint density at radius 2 is 2.00 bits per heavy atom. The summed E-state index contributed by atoms with van der Waals surface area (Å²) in [4.78, 5) is 15.0. The van der Waals surface area contributed by atoms with Gasteiger partial charge in [0.25, 0.3) is 0 Å². The lowest BCUT2D eigenvalue weighted by atomic mass is 9.82. The number of nitrogens with one attached hydrogen (secondary N) is 1. The molecule has 1 fully saturated rings. The number of rotatable bonds is 2. The lowest BCUT2D eigenvalue weighted by Crippen LogP contribution is -2.41. The van der Waals surface area contributed by atoms with E-state index in [0.29, 0.717) is 11.9 Å². The van der Waals surface area contributed by atoms with Gasteiger partial charge in [0.05, 0.1) is 5.92 Å². The molecule has 1 aliphatic heterocycles. The molecule has 0 saturated carbocycles. The molecule has 2 aliphatic rings. The van der Waals surface area contributed by atoms with Crippen molar-refractivity contribution in [1.82, 2.24) is 10.2 Å². The van der Waals surface area contributed by atoms with Crippen LogP contribution >= 0.6 is 0 Å². The number of likely N-dealkylation sites (N-methyl/N-ethyl adjacent to an activating group) is 1. The third kappa shape index (κ3) is 3.13. The van der Waals surface area contributed by atoms with Crippen molar-refractivity contribution in [2.24, 2.45) is 0 Å². The highest BCUT2D eigenvalue weighted by molar-refractivity contribution is 5.84. The second-order valence-corrected chi connectivity index (χ2v) is 6.43. The Labute approximate surface area is 127 Å². The molecule has 1 aliphatic carbocycles. The number of fused-ring (bicyclic) bond motifs is 1. The third-order valence-corrected chi connectivity index (χ3v) is 5.11. The van der Waals surface area contributed by atoms with E-state index in [1.54, 1.807) is 0 Å². The van der Waals surface area contributed by atoms with E-state index in [1.807, 2.05) is 11.9 Å². The lowest BCUT2D eigenvalue weighted by molar-refractivity contribution is -0.134. The summed E-state index contributed by atoms with van der Waals surface area (Å²) in [6, 6.07) is 8.90. The van der Waals surface area contributed by atoms with Crippen LogP contribution in [0, 0.1) is 0 Å². The van der Waals surface area contributed by atoms with Crippen molar-refractivity contribution in [1.29, 1.82) is 0 Å². The van der Waals surface area contributed by atoms with Gasteiger partial charge < -0.3 is 10.2 Å². The summed E-state index contributed by atoms with van der Waals surface area (Å²) in [7, 11) is 2.01. The number of hydrogen-bond acceptors (Lipinski definition) is 2.